The van der Waals surface area contributed by atoms with E-state index < -0.39 is 23.8 Å². The Hall–Kier alpha value is -2.87. The molecular formula is C24H31N3O5. The fourth-order valence-corrected chi connectivity index (χ4v) is 5.66. The van der Waals surface area contributed by atoms with Crippen LogP contribution >= 0.6 is 0 Å². The molecule has 0 aromatic heterocycles. The van der Waals surface area contributed by atoms with Crippen LogP contribution in [-0.4, -0.2) is 64.2 Å². The number of nitrogens with zero attached hydrogens (tertiary/aromatic N) is 2. The lowest BCUT2D eigenvalue weighted by molar-refractivity contribution is -0.148. The lowest BCUT2D eigenvalue weighted by Crippen LogP contribution is -2.48. The summed E-state index contributed by atoms with van der Waals surface area (Å²) in [7, 11) is 0. The van der Waals surface area contributed by atoms with Gasteiger partial charge in [0.15, 0.2) is 0 Å². The van der Waals surface area contributed by atoms with Gasteiger partial charge in [-0.05, 0) is 55.1 Å². The van der Waals surface area contributed by atoms with Crippen LogP contribution in [0.15, 0.2) is 36.4 Å². The van der Waals surface area contributed by atoms with Crippen molar-refractivity contribution in [3.63, 3.8) is 0 Å². The fourth-order valence-electron chi connectivity index (χ4n) is 5.66. The molecule has 3 N–H and O–H groups in total. The maximum atomic E-state index is 13.3. The molecule has 4 rings (SSSR count). The first-order chi connectivity index (χ1) is 15.5. The molecule has 0 radical (unpaired) electrons. The molecule has 8 heteroatoms. The van der Waals surface area contributed by atoms with Crippen molar-refractivity contribution in [3.05, 3.63) is 42.0 Å². The Morgan fingerprint density at radius 1 is 0.938 bits per heavy atom. The highest BCUT2D eigenvalue weighted by Gasteiger charge is 2.44. The molecule has 1 unspecified atom stereocenters. The normalized spacial score (nSPS) is 28.2. The van der Waals surface area contributed by atoms with Crippen molar-refractivity contribution in [2.24, 2.45) is 23.7 Å². The molecule has 1 saturated heterocycles. The van der Waals surface area contributed by atoms with Crippen molar-refractivity contribution >= 4 is 23.5 Å². The topological polar surface area (TPSA) is 110 Å². The SMILES string of the molecule is O=C(NO)[C@H]1C[C@H](C2CCN(C(=O)O)C2)CC[C@@H]1C(=O)N1CC=C(c2ccccc2)CC1. The summed E-state index contributed by atoms with van der Waals surface area (Å²) in [5.41, 5.74) is 4.16. The lowest BCUT2D eigenvalue weighted by Gasteiger charge is -2.39. The third-order valence-corrected chi connectivity index (χ3v) is 7.48. The number of likely N-dealkylation sites (tertiary alicyclic amines) is 1. The number of rotatable bonds is 4. The molecule has 2 aliphatic heterocycles. The maximum Gasteiger partial charge on any atom is 0.407 e. The highest BCUT2D eigenvalue weighted by atomic mass is 16.5. The molecule has 2 fully saturated rings. The number of benzene rings is 1. The number of hydrogen-bond donors (Lipinski definition) is 3. The van der Waals surface area contributed by atoms with E-state index in [1.807, 2.05) is 23.1 Å². The number of nitrogens with one attached hydrogen (secondary N) is 1. The highest BCUT2D eigenvalue weighted by molar-refractivity contribution is 5.88. The van der Waals surface area contributed by atoms with Crippen molar-refractivity contribution in [1.82, 2.24) is 15.3 Å². The van der Waals surface area contributed by atoms with Gasteiger partial charge >= 0.3 is 6.09 Å². The lowest BCUT2D eigenvalue weighted by atomic mass is 9.68. The zero-order valence-corrected chi connectivity index (χ0v) is 18.2. The molecule has 172 valence electrons. The molecule has 32 heavy (non-hydrogen) atoms. The van der Waals surface area contributed by atoms with Gasteiger partial charge in [0.05, 0.1) is 5.92 Å². The second-order valence-corrected chi connectivity index (χ2v) is 9.17. The molecule has 0 bridgehead atoms. The molecule has 3 aliphatic rings. The van der Waals surface area contributed by atoms with Crippen molar-refractivity contribution in [2.75, 3.05) is 26.2 Å². The molecule has 8 nitrogen and oxygen atoms in total. The second-order valence-electron chi connectivity index (χ2n) is 9.17. The quantitative estimate of drug-likeness (QED) is 0.492. The molecule has 1 saturated carbocycles. The Balaban J connectivity index is 1.41. The Morgan fingerprint density at radius 3 is 2.34 bits per heavy atom. The van der Waals surface area contributed by atoms with Crippen LogP contribution in [0.5, 0.6) is 0 Å². The highest BCUT2D eigenvalue weighted by Crippen LogP contribution is 2.41. The van der Waals surface area contributed by atoms with E-state index in [0.717, 1.165) is 19.3 Å². The smallest absolute Gasteiger partial charge is 0.407 e. The zero-order valence-electron chi connectivity index (χ0n) is 18.2. The largest absolute Gasteiger partial charge is 0.465 e. The second kappa shape index (κ2) is 9.73. The van der Waals surface area contributed by atoms with Crippen molar-refractivity contribution < 1.29 is 24.7 Å². The first-order valence-electron chi connectivity index (χ1n) is 11.4. The van der Waals surface area contributed by atoms with Crippen LogP contribution in [0.25, 0.3) is 5.57 Å². The van der Waals surface area contributed by atoms with E-state index in [0.29, 0.717) is 39.0 Å². The summed E-state index contributed by atoms with van der Waals surface area (Å²) < 4.78 is 0. The van der Waals surface area contributed by atoms with Gasteiger partial charge in [-0.25, -0.2) is 10.3 Å². The van der Waals surface area contributed by atoms with Gasteiger partial charge in [-0.2, -0.15) is 0 Å². The third kappa shape index (κ3) is 4.65. The summed E-state index contributed by atoms with van der Waals surface area (Å²) in [6.45, 7) is 2.13. The van der Waals surface area contributed by atoms with Crippen LogP contribution in [-0.2, 0) is 9.59 Å². The van der Waals surface area contributed by atoms with Gasteiger partial charge in [-0.3, -0.25) is 14.8 Å². The minimum Gasteiger partial charge on any atom is -0.465 e. The van der Waals surface area contributed by atoms with Crippen molar-refractivity contribution in [3.8, 4) is 0 Å². The molecular weight excluding hydrogens is 410 g/mol. The summed E-state index contributed by atoms with van der Waals surface area (Å²) in [4.78, 5) is 40.3. The van der Waals surface area contributed by atoms with Gasteiger partial charge in [0, 0.05) is 32.1 Å². The van der Waals surface area contributed by atoms with Crippen LogP contribution in [0, 0.1) is 23.7 Å². The summed E-state index contributed by atoms with van der Waals surface area (Å²) in [6, 6.07) is 10.1. The molecule has 0 spiro atoms. The number of carbonyl (C=O) groups is 3. The molecule has 1 aromatic rings. The number of hydroxylamine groups is 1. The minimum absolute atomic E-state index is 0.0287. The molecule has 3 amide bonds. The maximum absolute atomic E-state index is 13.3. The predicted molar refractivity (Wildman–Crippen MR) is 118 cm³/mol. The molecule has 2 heterocycles. The van der Waals surface area contributed by atoms with Gasteiger partial charge in [0.1, 0.15) is 0 Å². The van der Waals surface area contributed by atoms with E-state index in [1.165, 1.54) is 16.0 Å². The van der Waals surface area contributed by atoms with Crippen LogP contribution in [0.3, 0.4) is 0 Å². The Labute approximate surface area is 187 Å². The predicted octanol–water partition coefficient (Wildman–Crippen LogP) is 2.84. The minimum atomic E-state index is -0.908. The number of hydrogen-bond acceptors (Lipinski definition) is 4. The van der Waals surface area contributed by atoms with E-state index in [9.17, 15) is 24.7 Å². The standard InChI is InChI=1S/C24H31N3O5/c28-22(25-32)21-14-18(19-10-13-27(15-19)24(30)31)6-7-20(21)23(29)26-11-8-17(9-12-26)16-4-2-1-3-5-16/h1-5,8,18-21,32H,6-7,9-15H2,(H,25,28)(H,30,31)/t18-,19?,20+,21+/m1/s1. The van der Waals surface area contributed by atoms with Crippen molar-refractivity contribution in [1.29, 1.82) is 0 Å². The van der Waals surface area contributed by atoms with Crippen molar-refractivity contribution in [2.45, 2.75) is 32.1 Å². The van der Waals surface area contributed by atoms with E-state index in [-0.39, 0.29) is 17.7 Å². The monoisotopic (exact) mass is 441 g/mol. The molecule has 1 aliphatic carbocycles. The Bertz CT molecular complexity index is 887. The van der Waals surface area contributed by atoms with Crippen LogP contribution in [0.2, 0.25) is 0 Å². The third-order valence-electron chi connectivity index (χ3n) is 7.48. The van der Waals surface area contributed by atoms with E-state index in [2.05, 4.69) is 18.2 Å². The number of amides is 3. The first kappa shape index (κ1) is 22.3. The van der Waals surface area contributed by atoms with E-state index in [4.69, 9.17) is 0 Å². The molecule has 1 aromatic carbocycles. The zero-order chi connectivity index (χ0) is 22.7. The number of carbonyl (C=O) groups excluding carboxylic acids is 2. The number of carboxylic acid groups (broad SMARTS) is 1. The van der Waals surface area contributed by atoms with Crippen LogP contribution in [0.4, 0.5) is 4.79 Å². The van der Waals surface area contributed by atoms with E-state index in [1.54, 1.807) is 5.48 Å². The Kier molecular flexibility index (Phi) is 6.79. The van der Waals surface area contributed by atoms with Gasteiger partial charge in [0.2, 0.25) is 11.8 Å². The fraction of sp³-hybridized carbons (Fsp3) is 0.542. The summed E-state index contributed by atoms with van der Waals surface area (Å²) in [5.74, 6) is -1.22. The van der Waals surface area contributed by atoms with Gasteiger partial charge in [-0.1, -0.05) is 36.4 Å². The average Bonchev–Trinajstić information content (AvgIpc) is 3.34. The van der Waals surface area contributed by atoms with Crippen LogP contribution in [0.1, 0.15) is 37.7 Å². The summed E-state index contributed by atoms with van der Waals surface area (Å²) in [5, 5.41) is 18.5. The summed E-state index contributed by atoms with van der Waals surface area (Å²) in [6.07, 6.45) is 4.60. The molecule has 4 atom stereocenters. The van der Waals surface area contributed by atoms with Crippen LogP contribution < -0.4 is 5.48 Å². The van der Waals surface area contributed by atoms with Gasteiger partial charge in [-0.15, -0.1) is 0 Å². The van der Waals surface area contributed by atoms with E-state index >= 15 is 0 Å². The van der Waals surface area contributed by atoms with Gasteiger partial charge < -0.3 is 14.9 Å². The Morgan fingerprint density at radius 2 is 1.72 bits per heavy atom. The van der Waals surface area contributed by atoms with Gasteiger partial charge in [0.25, 0.3) is 0 Å². The summed E-state index contributed by atoms with van der Waals surface area (Å²) >= 11 is 0. The average molecular weight is 442 g/mol. The first-order valence-corrected chi connectivity index (χ1v) is 11.4.